The average Bonchev–Trinajstić information content (AvgIpc) is 3.52. The summed E-state index contributed by atoms with van der Waals surface area (Å²) >= 11 is 1.30. The Morgan fingerprint density at radius 3 is 2.65 bits per heavy atom. The fourth-order valence-corrected chi connectivity index (χ4v) is 4.03. The molecular formula is C24H23N5O4S. The Labute approximate surface area is 200 Å². The minimum absolute atomic E-state index is 0.142. The number of nitrogens with zero attached hydrogens (tertiary/aromatic N) is 3. The van der Waals surface area contributed by atoms with E-state index >= 15 is 0 Å². The number of benzene rings is 2. The van der Waals surface area contributed by atoms with Gasteiger partial charge in [-0.15, -0.1) is 10.2 Å². The number of hydrogen-bond donors (Lipinski definition) is 2. The molecule has 0 unspecified atom stereocenters. The molecule has 4 aromatic rings. The normalized spacial score (nSPS) is 10.6. The number of carbonyl (C=O) groups excluding carboxylic acids is 2. The molecule has 0 atom stereocenters. The highest BCUT2D eigenvalue weighted by molar-refractivity contribution is 7.99. The first kappa shape index (κ1) is 23.1. The van der Waals surface area contributed by atoms with Gasteiger partial charge in [-0.2, -0.15) is 0 Å². The van der Waals surface area contributed by atoms with Crippen molar-refractivity contribution in [3.8, 4) is 11.4 Å². The van der Waals surface area contributed by atoms with E-state index < -0.39 is 0 Å². The van der Waals surface area contributed by atoms with Crippen molar-refractivity contribution in [2.45, 2.75) is 18.6 Å². The average molecular weight is 478 g/mol. The minimum Gasteiger partial charge on any atom is -0.497 e. The molecule has 0 fully saturated rings. The predicted octanol–water partition coefficient (Wildman–Crippen LogP) is 3.84. The maximum absolute atomic E-state index is 12.5. The highest BCUT2D eigenvalue weighted by Crippen LogP contribution is 2.23. The van der Waals surface area contributed by atoms with Gasteiger partial charge in [0.2, 0.25) is 5.91 Å². The number of nitrogens with one attached hydrogen (secondary N) is 2. The predicted molar refractivity (Wildman–Crippen MR) is 128 cm³/mol. The number of amides is 2. The molecule has 0 spiro atoms. The number of aryl methyl sites for hydroxylation is 1. The Morgan fingerprint density at radius 2 is 1.91 bits per heavy atom. The van der Waals surface area contributed by atoms with Gasteiger partial charge in [0.25, 0.3) is 5.91 Å². The van der Waals surface area contributed by atoms with Crippen LogP contribution in [0.1, 0.15) is 21.9 Å². The van der Waals surface area contributed by atoms with Gasteiger partial charge in [-0.1, -0.05) is 23.9 Å². The molecule has 0 aliphatic heterocycles. The first-order valence-electron chi connectivity index (χ1n) is 10.4. The van der Waals surface area contributed by atoms with Crippen molar-refractivity contribution >= 4 is 29.3 Å². The first-order chi connectivity index (χ1) is 16.5. The molecule has 2 aromatic carbocycles. The van der Waals surface area contributed by atoms with Gasteiger partial charge in [0.15, 0.2) is 10.9 Å². The zero-order chi connectivity index (χ0) is 23.9. The van der Waals surface area contributed by atoms with Crippen LogP contribution in [0, 0.1) is 6.92 Å². The minimum atomic E-state index is -0.334. The van der Waals surface area contributed by atoms with Crippen LogP contribution >= 0.6 is 11.8 Å². The summed E-state index contributed by atoms with van der Waals surface area (Å²) < 4.78 is 12.2. The van der Waals surface area contributed by atoms with Crippen LogP contribution in [0.4, 0.5) is 5.69 Å². The second kappa shape index (κ2) is 10.7. The summed E-state index contributed by atoms with van der Waals surface area (Å²) in [7, 11) is 1.62. The van der Waals surface area contributed by atoms with Gasteiger partial charge in [0, 0.05) is 17.9 Å². The molecule has 0 aliphatic carbocycles. The number of methoxy groups -OCH3 is 1. The zero-order valence-corrected chi connectivity index (χ0v) is 19.5. The Morgan fingerprint density at radius 1 is 1.09 bits per heavy atom. The van der Waals surface area contributed by atoms with Gasteiger partial charge in [0.1, 0.15) is 11.6 Å². The molecule has 9 nitrogen and oxygen atoms in total. The monoisotopic (exact) mass is 477 g/mol. The summed E-state index contributed by atoms with van der Waals surface area (Å²) in [6.45, 7) is 2.19. The smallest absolute Gasteiger partial charge is 0.291 e. The van der Waals surface area contributed by atoms with Gasteiger partial charge in [-0.25, -0.2) is 0 Å². The molecule has 34 heavy (non-hydrogen) atoms. The molecule has 2 heterocycles. The number of ether oxygens (including phenoxy) is 1. The van der Waals surface area contributed by atoms with Crippen LogP contribution in [-0.4, -0.2) is 39.4 Å². The second-order valence-corrected chi connectivity index (χ2v) is 8.20. The van der Waals surface area contributed by atoms with Crippen LogP contribution in [0.3, 0.4) is 0 Å². The Bertz CT molecular complexity index is 1270. The molecule has 174 valence electrons. The Hall–Kier alpha value is -4.05. The van der Waals surface area contributed by atoms with E-state index in [1.807, 2.05) is 47.9 Å². The largest absolute Gasteiger partial charge is 0.497 e. The number of hydrogen-bond acceptors (Lipinski definition) is 7. The third-order valence-corrected chi connectivity index (χ3v) is 5.81. The maximum Gasteiger partial charge on any atom is 0.291 e. The summed E-state index contributed by atoms with van der Waals surface area (Å²) in [5, 5.41) is 14.6. The summed E-state index contributed by atoms with van der Waals surface area (Å²) in [6.07, 6.45) is 1.44. The lowest BCUT2D eigenvalue weighted by atomic mass is 10.2. The van der Waals surface area contributed by atoms with E-state index in [1.165, 1.54) is 18.0 Å². The van der Waals surface area contributed by atoms with Crippen LogP contribution < -0.4 is 15.4 Å². The van der Waals surface area contributed by atoms with Crippen molar-refractivity contribution in [3.05, 3.63) is 84.1 Å². The van der Waals surface area contributed by atoms with E-state index in [1.54, 1.807) is 31.4 Å². The van der Waals surface area contributed by atoms with Crippen molar-refractivity contribution in [3.63, 3.8) is 0 Å². The third-order valence-electron chi connectivity index (χ3n) is 4.88. The molecule has 2 amide bonds. The molecule has 2 N–H and O–H groups in total. The molecule has 0 bridgehead atoms. The van der Waals surface area contributed by atoms with Crippen molar-refractivity contribution in [1.29, 1.82) is 0 Å². The SMILES string of the molecule is COc1ccc(-n2c(C)nnc2SCC(=O)NCc2cccc(NC(=O)c3ccco3)c2)cc1. The number of rotatable bonds is 9. The van der Waals surface area contributed by atoms with Crippen LogP contribution in [0.25, 0.3) is 5.69 Å². The fraction of sp³-hybridized carbons (Fsp3) is 0.167. The van der Waals surface area contributed by atoms with E-state index in [-0.39, 0.29) is 23.3 Å². The summed E-state index contributed by atoms with van der Waals surface area (Å²) in [5.74, 6) is 1.42. The summed E-state index contributed by atoms with van der Waals surface area (Å²) in [6, 6.07) is 18.1. The van der Waals surface area contributed by atoms with E-state index in [0.29, 0.717) is 17.4 Å². The van der Waals surface area contributed by atoms with E-state index in [9.17, 15) is 9.59 Å². The topological polar surface area (TPSA) is 111 Å². The first-order valence-corrected chi connectivity index (χ1v) is 11.4. The molecule has 4 rings (SSSR count). The van der Waals surface area contributed by atoms with E-state index in [2.05, 4.69) is 20.8 Å². The van der Waals surface area contributed by atoms with Gasteiger partial charge in [-0.05, 0) is 61.0 Å². The number of anilines is 1. The van der Waals surface area contributed by atoms with Crippen molar-refractivity contribution < 1.29 is 18.7 Å². The highest BCUT2D eigenvalue weighted by atomic mass is 32.2. The lowest BCUT2D eigenvalue weighted by Gasteiger charge is -2.10. The molecule has 2 aromatic heterocycles. The van der Waals surface area contributed by atoms with Gasteiger partial charge >= 0.3 is 0 Å². The zero-order valence-electron chi connectivity index (χ0n) is 18.6. The van der Waals surface area contributed by atoms with Crippen LogP contribution in [0.5, 0.6) is 5.75 Å². The molecule has 10 heteroatoms. The van der Waals surface area contributed by atoms with Crippen LogP contribution in [0.2, 0.25) is 0 Å². The number of carbonyl (C=O) groups is 2. The summed E-state index contributed by atoms with van der Waals surface area (Å²) in [5.41, 5.74) is 2.36. The molecule has 0 radical (unpaired) electrons. The maximum atomic E-state index is 12.5. The van der Waals surface area contributed by atoms with Crippen molar-refractivity contribution in [1.82, 2.24) is 20.1 Å². The molecular weight excluding hydrogens is 454 g/mol. The second-order valence-electron chi connectivity index (χ2n) is 7.26. The summed E-state index contributed by atoms with van der Waals surface area (Å²) in [4.78, 5) is 24.6. The Balaban J connectivity index is 1.32. The van der Waals surface area contributed by atoms with Gasteiger partial charge in [0.05, 0.1) is 19.1 Å². The van der Waals surface area contributed by atoms with E-state index in [0.717, 1.165) is 22.8 Å². The quantitative estimate of drug-likeness (QED) is 0.352. The van der Waals surface area contributed by atoms with Crippen LogP contribution in [-0.2, 0) is 11.3 Å². The number of thioether (sulfide) groups is 1. The van der Waals surface area contributed by atoms with Gasteiger partial charge in [-0.3, -0.25) is 14.2 Å². The van der Waals surface area contributed by atoms with E-state index in [4.69, 9.17) is 9.15 Å². The molecule has 0 aliphatic rings. The Kier molecular flexibility index (Phi) is 7.28. The highest BCUT2D eigenvalue weighted by Gasteiger charge is 2.14. The third kappa shape index (κ3) is 5.65. The molecule has 0 saturated carbocycles. The number of furan rings is 1. The fourth-order valence-electron chi connectivity index (χ4n) is 3.21. The van der Waals surface area contributed by atoms with Crippen molar-refractivity contribution in [2.75, 3.05) is 18.2 Å². The van der Waals surface area contributed by atoms with Crippen LogP contribution in [0.15, 0.2) is 76.5 Å². The standard InChI is InChI=1S/C24H23N5O4S/c1-16-27-28-24(29(16)19-8-10-20(32-2)11-9-19)34-15-22(30)25-14-17-5-3-6-18(13-17)26-23(31)21-7-4-12-33-21/h3-13H,14-15H2,1-2H3,(H,25,30)(H,26,31). The number of aromatic nitrogens is 3. The molecule has 0 saturated heterocycles. The van der Waals surface area contributed by atoms with Crippen molar-refractivity contribution in [2.24, 2.45) is 0 Å². The van der Waals surface area contributed by atoms with Gasteiger partial charge < -0.3 is 19.8 Å². The lowest BCUT2D eigenvalue weighted by Crippen LogP contribution is -2.24. The lowest BCUT2D eigenvalue weighted by molar-refractivity contribution is -0.118.